The van der Waals surface area contributed by atoms with Crippen molar-refractivity contribution < 1.29 is 9.85 Å². The monoisotopic (exact) mass is 364 g/mol. The molecule has 0 unspecified atom stereocenters. The standard InChI is InChI=1S/C19H16N4O4/c1-14(8-9-16-6-4-3-5-7-16)12-15(2)20-21-18-11-10-17(22(24)25)13-19(18)23(26)27/h3-7,10-13,21H,1-2H3/b14-12?,20-15-. The molecule has 0 radical (unpaired) electrons. The van der Waals surface area contributed by atoms with Gasteiger partial charge in [0, 0.05) is 17.2 Å². The molecular weight excluding hydrogens is 348 g/mol. The van der Waals surface area contributed by atoms with Crippen LogP contribution in [0.1, 0.15) is 19.4 Å². The summed E-state index contributed by atoms with van der Waals surface area (Å²) in [5.74, 6) is 6.01. The van der Waals surface area contributed by atoms with Crippen molar-refractivity contribution in [3.8, 4) is 11.8 Å². The maximum atomic E-state index is 11.1. The van der Waals surface area contributed by atoms with E-state index >= 15 is 0 Å². The first kappa shape index (κ1) is 19.3. The molecule has 27 heavy (non-hydrogen) atoms. The minimum atomic E-state index is -0.702. The molecule has 2 aromatic rings. The molecule has 0 spiro atoms. The summed E-state index contributed by atoms with van der Waals surface area (Å²) in [6, 6.07) is 12.8. The predicted octanol–water partition coefficient (Wildman–Crippen LogP) is 4.29. The summed E-state index contributed by atoms with van der Waals surface area (Å²) in [5.41, 5.74) is 4.04. The Hall–Kier alpha value is -3.99. The maximum Gasteiger partial charge on any atom is 0.301 e. The van der Waals surface area contributed by atoms with E-state index in [4.69, 9.17) is 0 Å². The van der Waals surface area contributed by atoms with Crippen molar-refractivity contribution in [3.05, 3.63) is 86.0 Å². The Morgan fingerprint density at radius 2 is 1.78 bits per heavy atom. The molecule has 0 aliphatic heterocycles. The average Bonchev–Trinajstić information content (AvgIpc) is 2.65. The molecule has 0 amide bonds. The zero-order chi connectivity index (χ0) is 19.8. The molecule has 0 aromatic heterocycles. The van der Waals surface area contributed by atoms with Gasteiger partial charge in [-0.1, -0.05) is 30.0 Å². The van der Waals surface area contributed by atoms with E-state index in [1.807, 2.05) is 37.3 Å². The highest BCUT2D eigenvalue weighted by atomic mass is 16.6. The van der Waals surface area contributed by atoms with E-state index in [2.05, 4.69) is 22.4 Å². The molecule has 8 nitrogen and oxygen atoms in total. The van der Waals surface area contributed by atoms with Gasteiger partial charge >= 0.3 is 5.69 Å². The second-order valence-corrected chi connectivity index (χ2v) is 5.52. The van der Waals surface area contributed by atoms with Gasteiger partial charge in [-0.2, -0.15) is 5.10 Å². The van der Waals surface area contributed by atoms with Crippen LogP contribution >= 0.6 is 0 Å². The molecule has 0 aliphatic rings. The van der Waals surface area contributed by atoms with E-state index in [0.717, 1.165) is 17.2 Å². The summed E-state index contributed by atoms with van der Waals surface area (Å²) in [5, 5.41) is 25.9. The normalized spacial score (nSPS) is 11.3. The number of nitrogens with one attached hydrogen (secondary N) is 1. The maximum absolute atomic E-state index is 11.1. The van der Waals surface area contributed by atoms with E-state index in [1.54, 1.807) is 13.0 Å². The molecule has 0 bridgehead atoms. The zero-order valence-electron chi connectivity index (χ0n) is 14.7. The highest BCUT2D eigenvalue weighted by Gasteiger charge is 2.19. The van der Waals surface area contributed by atoms with Crippen LogP contribution in [0.2, 0.25) is 0 Å². The second-order valence-electron chi connectivity index (χ2n) is 5.52. The van der Waals surface area contributed by atoms with Gasteiger partial charge in [0.15, 0.2) is 0 Å². The smallest absolute Gasteiger partial charge is 0.271 e. The highest BCUT2D eigenvalue weighted by Crippen LogP contribution is 2.28. The summed E-state index contributed by atoms with van der Waals surface area (Å²) in [4.78, 5) is 20.5. The van der Waals surface area contributed by atoms with Crippen molar-refractivity contribution >= 4 is 22.8 Å². The summed E-state index contributed by atoms with van der Waals surface area (Å²) < 4.78 is 0. The number of nitro groups is 2. The molecule has 1 N–H and O–H groups in total. The molecule has 0 saturated heterocycles. The van der Waals surface area contributed by atoms with Gasteiger partial charge in [-0.25, -0.2) is 0 Å². The van der Waals surface area contributed by atoms with Crippen LogP contribution in [-0.2, 0) is 0 Å². The predicted molar refractivity (Wildman–Crippen MR) is 104 cm³/mol. The summed E-state index contributed by atoms with van der Waals surface area (Å²) in [7, 11) is 0. The summed E-state index contributed by atoms with van der Waals surface area (Å²) >= 11 is 0. The number of allylic oxidation sites excluding steroid dienone is 2. The molecule has 0 atom stereocenters. The van der Waals surface area contributed by atoms with Gasteiger partial charge in [-0.15, -0.1) is 0 Å². The van der Waals surface area contributed by atoms with Crippen molar-refractivity contribution in [2.75, 3.05) is 5.43 Å². The van der Waals surface area contributed by atoms with Crippen LogP contribution in [0, 0.1) is 32.1 Å². The molecule has 2 rings (SSSR count). The van der Waals surface area contributed by atoms with Crippen LogP contribution in [0.15, 0.2) is 65.3 Å². The van der Waals surface area contributed by atoms with Crippen LogP contribution < -0.4 is 5.43 Å². The molecule has 2 aromatic carbocycles. The van der Waals surface area contributed by atoms with E-state index in [9.17, 15) is 20.2 Å². The highest BCUT2D eigenvalue weighted by molar-refractivity contribution is 5.94. The van der Waals surface area contributed by atoms with Crippen LogP contribution in [0.5, 0.6) is 0 Å². The van der Waals surface area contributed by atoms with Gasteiger partial charge in [0.1, 0.15) is 5.69 Å². The minimum absolute atomic E-state index is 0.0615. The van der Waals surface area contributed by atoms with Crippen LogP contribution in [0.4, 0.5) is 17.1 Å². The zero-order valence-corrected chi connectivity index (χ0v) is 14.7. The fourth-order valence-electron chi connectivity index (χ4n) is 2.10. The van der Waals surface area contributed by atoms with Gasteiger partial charge in [0.05, 0.1) is 21.6 Å². The molecule has 0 heterocycles. The average molecular weight is 364 g/mol. The molecule has 0 saturated carbocycles. The number of non-ortho nitro benzene ring substituents is 1. The second kappa shape index (κ2) is 8.92. The number of hydrogen-bond acceptors (Lipinski definition) is 6. The Kier molecular flexibility index (Phi) is 6.39. The van der Waals surface area contributed by atoms with Crippen LogP contribution in [0.25, 0.3) is 0 Å². The number of nitrogens with zero attached hydrogens (tertiary/aromatic N) is 3. The lowest BCUT2D eigenvalue weighted by atomic mass is 10.2. The Labute approximate surface area is 155 Å². The Bertz CT molecular complexity index is 986. The quantitative estimate of drug-likeness (QED) is 0.368. The van der Waals surface area contributed by atoms with Crippen LogP contribution in [-0.4, -0.2) is 15.6 Å². The summed E-state index contributed by atoms with van der Waals surface area (Å²) in [6.45, 7) is 3.53. The van der Waals surface area contributed by atoms with Crippen molar-refractivity contribution in [2.45, 2.75) is 13.8 Å². The lowest BCUT2D eigenvalue weighted by Crippen LogP contribution is -2.00. The van der Waals surface area contributed by atoms with Crippen molar-refractivity contribution in [3.63, 3.8) is 0 Å². The number of hydrazone groups is 1. The van der Waals surface area contributed by atoms with Gasteiger partial charge in [0.2, 0.25) is 0 Å². The lowest BCUT2D eigenvalue weighted by Gasteiger charge is -2.03. The van der Waals surface area contributed by atoms with Crippen molar-refractivity contribution in [1.29, 1.82) is 0 Å². The minimum Gasteiger partial charge on any atom is -0.271 e. The van der Waals surface area contributed by atoms with Crippen molar-refractivity contribution in [2.24, 2.45) is 5.10 Å². The van der Waals surface area contributed by atoms with E-state index in [-0.39, 0.29) is 11.4 Å². The SMILES string of the molecule is CC(C#Cc1ccccc1)=C/C(C)=N\Nc1ccc([N+](=O)[O-])cc1[N+](=O)[O-]. The number of hydrogen-bond donors (Lipinski definition) is 1. The molecule has 0 aliphatic carbocycles. The Morgan fingerprint density at radius 3 is 2.41 bits per heavy atom. The number of anilines is 1. The molecular formula is C19H16N4O4. The topological polar surface area (TPSA) is 111 Å². The van der Waals surface area contributed by atoms with Gasteiger partial charge < -0.3 is 0 Å². The first-order chi connectivity index (χ1) is 12.9. The van der Waals surface area contributed by atoms with Gasteiger partial charge in [-0.3, -0.25) is 25.7 Å². The fraction of sp³-hybridized carbons (Fsp3) is 0.105. The first-order valence-electron chi connectivity index (χ1n) is 7.85. The largest absolute Gasteiger partial charge is 0.301 e. The summed E-state index contributed by atoms with van der Waals surface area (Å²) in [6.07, 6.45) is 1.72. The van der Waals surface area contributed by atoms with E-state index in [1.165, 1.54) is 12.1 Å². The lowest BCUT2D eigenvalue weighted by molar-refractivity contribution is -0.393. The number of benzene rings is 2. The molecule has 0 fully saturated rings. The first-order valence-corrected chi connectivity index (χ1v) is 7.85. The Balaban J connectivity index is 2.16. The van der Waals surface area contributed by atoms with Crippen molar-refractivity contribution in [1.82, 2.24) is 0 Å². The van der Waals surface area contributed by atoms with Crippen LogP contribution in [0.3, 0.4) is 0 Å². The molecule has 136 valence electrons. The third-order valence-corrected chi connectivity index (χ3v) is 3.34. The third kappa shape index (κ3) is 5.79. The fourth-order valence-corrected chi connectivity index (χ4v) is 2.10. The third-order valence-electron chi connectivity index (χ3n) is 3.34. The molecule has 8 heteroatoms. The van der Waals surface area contributed by atoms with E-state index < -0.39 is 15.5 Å². The van der Waals surface area contributed by atoms with Gasteiger partial charge in [-0.05, 0) is 38.1 Å². The number of nitro benzene ring substituents is 2. The van der Waals surface area contributed by atoms with Gasteiger partial charge in [0.25, 0.3) is 5.69 Å². The Morgan fingerprint density at radius 1 is 1.07 bits per heavy atom. The van der Waals surface area contributed by atoms with E-state index in [0.29, 0.717) is 5.71 Å². The number of rotatable bonds is 5.